The Morgan fingerprint density at radius 1 is 0.562 bits per heavy atom. The molecule has 2 aromatic carbocycles. The highest BCUT2D eigenvalue weighted by molar-refractivity contribution is 7.01. The average Bonchev–Trinajstić information content (AvgIpc) is 2.36. The van der Waals surface area contributed by atoms with E-state index in [0.29, 0.717) is 13.4 Å². The summed E-state index contributed by atoms with van der Waals surface area (Å²) in [6.07, 6.45) is 0. The highest BCUT2D eigenvalue weighted by atomic mass is 14.0. The summed E-state index contributed by atoms with van der Waals surface area (Å²) in [5.41, 5.74) is 5.98. The first-order valence-corrected chi connectivity index (χ1v) is 5.96. The zero-order valence-electron chi connectivity index (χ0n) is 9.77. The molecule has 0 radical (unpaired) electrons. The lowest BCUT2D eigenvalue weighted by Crippen LogP contribution is -2.66. The molecule has 76 valence electrons. The standard InChI is InChI=1S/C14H14B2/c1-15-11-7-3-5-9-13(11)16(2)14-10-6-4-8-12(14)15/h3-10H,1-2H3. The second-order valence-electron chi connectivity index (χ2n) is 4.70. The summed E-state index contributed by atoms with van der Waals surface area (Å²) in [5, 5.41) is 0. The summed E-state index contributed by atoms with van der Waals surface area (Å²) in [6, 6.07) is 17.7. The number of hydrogen-bond acceptors (Lipinski definition) is 0. The Balaban J connectivity index is 2.26. The van der Waals surface area contributed by atoms with Crippen molar-refractivity contribution in [3.05, 3.63) is 48.5 Å². The summed E-state index contributed by atoms with van der Waals surface area (Å²) in [7, 11) is 0. The number of hydrogen-bond donors (Lipinski definition) is 0. The van der Waals surface area contributed by atoms with Gasteiger partial charge in [-0.2, -0.15) is 0 Å². The SMILES string of the molecule is CB1c2ccccc2B(C)c2ccccc21. The lowest BCUT2D eigenvalue weighted by atomic mass is 9.25. The molecule has 0 fully saturated rings. The van der Waals surface area contributed by atoms with E-state index in [2.05, 4.69) is 62.2 Å². The van der Waals surface area contributed by atoms with E-state index in [-0.39, 0.29) is 0 Å². The summed E-state index contributed by atoms with van der Waals surface area (Å²) in [6.45, 7) is 5.68. The van der Waals surface area contributed by atoms with Gasteiger partial charge in [0.2, 0.25) is 13.4 Å². The Morgan fingerprint density at radius 2 is 0.812 bits per heavy atom. The molecule has 0 saturated heterocycles. The summed E-state index contributed by atoms with van der Waals surface area (Å²) in [4.78, 5) is 0. The first-order valence-electron chi connectivity index (χ1n) is 5.96. The van der Waals surface area contributed by atoms with Crippen LogP contribution in [-0.4, -0.2) is 13.4 Å². The Labute approximate surface area is 97.9 Å². The van der Waals surface area contributed by atoms with Crippen molar-refractivity contribution in [3.63, 3.8) is 0 Å². The van der Waals surface area contributed by atoms with E-state index < -0.39 is 0 Å². The van der Waals surface area contributed by atoms with Gasteiger partial charge in [0.15, 0.2) is 0 Å². The van der Waals surface area contributed by atoms with Crippen LogP contribution < -0.4 is 21.9 Å². The van der Waals surface area contributed by atoms with Gasteiger partial charge in [0.05, 0.1) is 0 Å². The van der Waals surface area contributed by atoms with E-state index in [1.807, 2.05) is 0 Å². The van der Waals surface area contributed by atoms with Gasteiger partial charge in [0, 0.05) is 0 Å². The van der Waals surface area contributed by atoms with E-state index in [4.69, 9.17) is 0 Å². The lowest BCUT2D eigenvalue weighted by Gasteiger charge is -2.27. The van der Waals surface area contributed by atoms with Crippen LogP contribution in [0.5, 0.6) is 0 Å². The van der Waals surface area contributed by atoms with Crippen molar-refractivity contribution in [2.24, 2.45) is 0 Å². The van der Waals surface area contributed by atoms with Crippen LogP contribution >= 0.6 is 0 Å². The minimum Gasteiger partial charge on any atom is -0.0794 e. The van der Waals surface area contributed by atoms with Crippen LogP contribution in [0.3, 0.4) is 0 Å². The van der Waals surface area contributed by atoms with Gasteiger partial charge in [-0.05, 0) is 0 Å². The molecule has 0 N–H and O–H groups in total. The predicted molar refractivity (Wildman–Crippen MR) is 74.7 cm³/mol. The van der Waals surface area contributed by atoms with Gasteiger partial charge in [-0.1, -0.05) is 84.0 Å². The van der Waals surface area contributed by atoms with Crippen molar-refractivity contribution in [1.29, 1.82) is 0 Å². The Hall–Kier alpha value is -1.43. The summed E-state index contributed by atoms with van der Waals surface area (Å²) in [5.74, 6) is 0. The van der Waals surface area contributed by atoms with Gasteiger partial charge in [0.1, 0.15) is 0 Å². The molecule has 0 saturated carbocycles. The van der Waals surface area contributed by atoms with Crippen molar-refractivity contribution in [1.82, 2.24) is 0 Å². The van der Waals surface area contributed by atoms with Gasteiger partial charge in [-0.15, -0.1) is 0 Å². The van der Waals surface area contributed by atoms with E-state index in [0.717, 1.165) is 0 Å². The number of fused-ring (bicyclic) bond motifs is 2. The number of benzene rings is 2. The second-order valence-corrected chi connectivity index (χ2v) is 4.70. The normalized spacial score (nSPS) is 13.4. The van der Waals surface area contributed by atoms with E-state index in [9.17, 15) is 0 Å². The van der Waals surface area contributed by atoms with Gasteiger partial charge >= 0.3 is 0 Å². The molecule has 0 amide bonds. The zero-order chi connectivity index (χ0) is 11.1. The second kappa shape index (κ2) is 3.55. The fourth-order valence-corrected chi connectivity index (χ4v) is 2.93. The highest BCUT2D eigenvalue weighted by Gasteiger charge is 2.30. The topological polar surface area (TPSA) is 0 Å². The molecule has 1 heterocycles. The molecule has 0 aliphatic carbocycles. The van der Waals surface area contributed by atoms with Gasteiger partial charge in [-0.3, -0.25) is 0 Å². The van der Waals surface area contributed by atoms with Crippen LogP contribution in [0, 0.1) is 0 Å². The molecule has 0 unspecified atom stereocenters. The average molecular weight is 204 g/mol. The summed E-state index contributed by atoms with van der Waals surface area (Å²) >= 11 is 0. The molecule has 2 aromatic rings. The van der Waals surface area contributed by atoms with Crippen LogP contribution in [0.2, 0.25) is 13.6 Å². The first kappa shape index (κ1) is 9.77. The zero-order valence-corrected chi connectivity index (χ0v) is 9.77. The van der Waals surface area contributed by atoms with Crippen LogP contribution in [0.25, 0.3) is 0 Å². The minimum atomic E-state index is 0.531. The van der Waals surface area contributed by atoms with Gasteiger partial charge in [0.25, 0.3) is 0 Å². The highest BCUT2D eigenvalue weighted by Crippen LogP contribution is 1.98. The molecule has 2 heteroatoms. The van der Waals surface area contributed by atoms with Crippen molar-refractivity contribution < 1.29 is 0 Å². The molecule has 0 spiro atoms. The van der Waals surface area contributed by atoms with Gasteiger partial charge < -0.3 is 0 Å². The van der Waals surface area contributed by atoms with E-state index >= 15 is 0 Å². The van der Waals surface area contributed by atoms with Crippen LogP contribution in [0.1, 0.15) is 0 Å². The van der Waals surface area contributed by atoms with E-state index in [1.54, 1.807) is 0 Å². The predicted octanol–water partition coefficient (Wildman–Crippen LogP) is 0.478. The third-order valence-electron chi connectivity index (χ3n) is 3.86. The van der Waals surface area contributed by atoms with Crippen molar-refractivity contribution in [3.8, 4) is 0 Å². The smallest absolute Gasteiger partial charge is 0.0794 e. The quantitative estimate of drug-likeness (QED) is 0.547. The summed E-state index contributed by atoms with van der Waals surface area (Å²) < 4.78 is 0. The molecular formula is C14H14B2. The first-order chi connectivity index (χ1) is 7.79. The van der Waals surface area contributed by atoms with Crippen LogP contribution in [0.15, 0.2) is 48.5 Å². The van der Waals surface area contributed by atoms with Crippen LogP contribution in [0.4, 0.5) is 0 Å². The van der Waals surface area contributed by atoms with Crippen molar-refractivity contribution >= 4 is 35.3 Å². The Bertz CT molecular complexity index is 438. The molecular weight excluding hydrogens is 190 g/mol. The van der Waals surface area contributed by atoms with Crippen molar-refractivity contribution in [2.45, 2.75) is 13.6 Å². The van der Waals surface area contributed by atoms with Gasteiger partial charge in [-0.25, -0.2) is 0 Å². The molecule has 0 atom stereocenters. The Kier molecular flexibility index (Phi) is 2.17. The molecule has 3 rings (SSSR count). The number of rotatable bonds is 0. The fourth-order valence-electron chi connectivity index (χ4n) is 2.93. The molecule has 0 aromatic heterocycles. The maximum atomic E-state index is 2.31. The molecule has 0 bridgehead atoms. The fraction of sp³-hybridized carbons (Fsp3) is 0.143. The molecule has 0 nitrogen and oxygen atoms in total. The lowest BCUT2D eigenvalue weighted by molar-refractivity contribution is 1.73. The maximum Gasteiger partial charge on any atom is 0.204 e. The van der Waals surface area contributed by atoms with Crippen LogP contribution in [-0.2, 0) is 0 Å². The van der Waals surface area contributed by atoms with Crippen molar-refractivity contribution in [2.75, 3.05) is 0 Å². The molecule has 1 aliphatic rings. The maximum absolute atomic E-state index is 2.31. The monoisotopic (exact) mass is 204 g/mol. The minimum absolute atomic E-state index is 0.531. The molecule has 16 heavy (non-hydrogen) atoms. The third-order valence-corrected chi connectivity index (χ3v) is 3.86. The Morgan fingerprint density at radius 3 is 1.06 bits per heavy atom. The molecule has 1 aliphatic heterocycles. The third kappa shape index (κ3) is 1.26. The largest absolute Gasteiger partial charge is 0.204 e. The van der Waals surface area contributed by atoms with E-state index in [1.165, 1.54) is 21.9 Å².